The lowest BCUT2D eigenvalue weighted by molar-refractivity contribution is -0.132. The predicted octanol–water partition coefficient (Wildman–Crippen LogP) is 1.09. The van der Waals surface area contributed by atoms with E-state index < -0.39 is 0 Å². The Labute approximate surface area is 123 Å². The molecule has 0 aliphatic carbocycles. The molecule has 0 saturated carbocycles. The fraction of sp³-hybridized carbons (Fsp3) is 0.333. The number of fused-ring (bicyclic) bond motifs is 1. The Morgan fingerprint density at radius 1 is 1.48 bits per heavy atom. The first-order valence-corrected chi connectivity index (χ1v) is 6.93. The highest BCUT2D eigenvalue weighted by Crippen LogP contribution is 2.28. The third-order valence-corrected chi connectivity index (χ3v) is 3.52. The number of aromatic amines is 1. The number of carbonyl (C=O) groups excluding carboxylic acids is 1. The van der Waals surface area contributed by atoms with E-state index in [0.717, 1.165) is 17.0 Å². The summed E-state index contributed by atoms with van der Waals surface area (Å²) >= 11 is 0. The number of imidazole rings is 1. The van der Waals surface area contributed by atoms with Crippen molar-refractivity contribution in [3.63, 3.8) is 0 Å². The van der Waals surface area contributed by atoms with Gasteiger partial charge in [-0.05, 0) is 6.07 Å². The first-order chi connectivity index (χ1) is 10.3. The van der Waals surface area contributed by atoms with Gasteiger partial charge < -0.3 is 14.6 Å². The molecule has 2 aromatic rings. The van der Waals surface area contributed by atoms with Crippen molar-refractivity contribution in [2.24, 2.45) is 0 Å². The van der Waals surface area contributed by atoms with Gasteiger partial charge in [-0.1, -0.05) is 18.2 Å². The maximum absolute atomic E-state index is 12.7. The lowest BCUT2D eigenvalue weighted by Gasteiger charge is -2.23. The van der Waals surface area contributed by atoms with E-state index in [9.17, 15) is 4.79 Å². The summed E-state index contributed by atoms with van der Waals surface area (Å²) in [6.07, 6.45) is 3.34. The van der Waals surface area contributed by atoms with E-state index in [1.165, 1.54) is 0 Å². The van der Waals surface area contributed by atoms with Gasteiger partial charge in [-0.25, -0.2) is 4.98 Å². The molecule has 1 amide bonds. The Morgan fingerprint density at radius 2 is 2.33 bits per heavy atom. The minimum atomic E-state index is -0.378. The molecule has 110 valence electrons. The van der Waals surface area contributed by atoms with Gasteiger partial charge in [-0.2, -0.15) is 0 Å². The fourth-order valence-corrected chi connectivity index (χ4v) is 2.47. The topological polar surface area (TPSA) is 70.2 Å². The van der Waals surface area contributed by atoms with Crippen LogP contribution in [0.2, 0.25) is 0 Å². The van der Waals surface area contributed by atoms with Gasteiger partial charge in [0.05, 0.1) is 18.6 Å². The first-order valence-electron chi connectivity index (χ1n) is 6.93. The van der Waals surface area contributed by atoms with Crippen LogP contribution in [-0.2, 0) is 11.3 Å². The zero-order valence-electron chi connectivity index (χ0n) is 11.9. The molecule has 0 fully saturated rings. The molecule has 1 atom stereocenters. The van der Waals surface area contributed by atoms with Crippen LogP contribution in [0.3, 0.4) is 0 Å². The molecule has 0 bridgehead atoms. The summed E-state index contributed by atoms with van der Waals surface area (Å²) in [5, 5.41) is 3.26. The number of amides is 1. The Kier molecular flexibility index (Phi) is 3.87. The number of rotatable bonds is 3. The van der Waals surface area contributed by atoms with Crippen molar-refractivity contribution in [1.29, 1.82) is 0 Å². The highest BCUT2D eigenvalue weighted by Gasteiger charge is 2.28. The minimum Gasteiger partial charge on any atom is -0.492 e. The molecule has 0 spiro atoms. The van der Waals surface area contributed by atoms with Crippen molar-refractivity contribution in [1.82, 2.24) is 20.2 Å². The molecule has 3 rings (SSSR count). The van der Waals surface area contributed by atoms with Crippen molar-refractivity contribution < 1.29 is 9.53 Å². The average Bonchev–Trinajstić information content (AvgIpc) is 2.91. The van der Waals surface area contributed by atoms with Gasteiger partial charge in [-0.3, -0.25) is 10.1 Å². The van der Waals surface area contributed by atoms with E-state index in [0.29, 0.717) is 19.7 Å². The number of aromatic nitrogens is 2. The van der Waals surface area contributed by atoms with Crippen LogP contribution in [0.5, 0.6) is 5.75 Å². The fourth-order valence-electron chi connectivity index (χ4n) is 2.47. The third kappa shape index (κ3) is 2.90. The third-order valence-electron chi connectivity index (χ3n) is 3.52. The van der Waals surface area contributed by atoms with Crippen LogP contribution >= 0.6 is 0 Å². The highest BCUT2D eigenvalue weighted by atomic mass is 16.5. The molecule has 1 aromatic heterocycles. The minimum absolute atomic E-state index is 0.0163. The number of ether oxygens (including phenoxy) is 1. The molecule has 2 heterocycles. The van der Waals surface area contributed by atoms with Gasteiger partial charge >= 0.3 is 0 Å². The number of carbonyl (C=O) groups is 1. The van der Waals surface area contributed by atoms with Crippen molar-refractivity contribution in [2.45, 2.75) is 12.6 Å². The quantitative estimate of drug-likeness (QED) is 0.886. The summed E-state index contributed by atoms with van der Waals surface area (Å²) in [6.45, 7) is 1.70. The highest BCUT2D eigenvalue weighted by molar-refractivity contribution is 5.84. The van der Waals surface area contributed by atoms with E-state index >= 15 is 0 Å². The number of benzene rings is 1. The second-order valence-corrected chi connectivity index (χ2v) is 5.04. The zero-order chi connectivity index (χ0) is 14.7. The summed E-state index contributed by atoms with van der Waals surface area (Å²) in [5.41, 5.74) is 1.79. The maximum Gasteiger partial charge on any atom is 0.244 e. The monoisotopic (exact) mass is 286 g/mol. The zero-order valence-corrected chi connectivity index (χ0v) is 11.9. The standard InChI is InChI=1S/C15H18N4O2/c1-19(9-11-8-16-10-18-11)15(20)14-12-4-2-3-5-13(12)21-7-6-17-14/h2-5,8,10,14,17H,6-7,9H2,1H3,(H,16,18). The summed E-state index contributed by atoms with van der Waals surface area (Å²) in [5.74, 6) is 0.790. The molecular formula is C15H18N4O2. The van der Waals surface area contributed by atoms with Crippen LogP contribution in [0.25, 0.3) is 0 Å². The maximum atomic E-state index is 12.7. The second-order valence-electron chi connectivity index (χ2n) is 5.04. The van der Waals surface area contributed by atoms with Gasteiger partial charge in [0, 0.05) is 25.4 Å². The van der Waals surface area contributed by atoms with E-state index in [1.807, 2.05) is 24.3 Å². The average molecular weight is 286 g/mol. The molecule has 21 heavy (non-hydrogen) atoms. The van der Waals surface area contributed by atoms with Gasteiger partial charge in [0.25, 0.3) is 0 Å². The number of nitrogens with zero attached hydrogens (tertiary/aromatic N) is 2. The molecule has 1 unspecified atom stereocenters. The van der Waals surface area contributed by atoms with Crippen LogP contribution in [0, 0.1) is 0 Å². The van der Waals surface area contributed by atoms with Crippen molar-refractivity contribution in [2.75, 3.05) is 20.2 Å². The van der Waals surface area contributed by atoms with E-state index in [2.05, 4.69) is 15.3 Å². The summed E-state index contributed by atoms with van der Waals surface area (Å²) in [6, 6.07) is 7.29. The molecular weight excluding hydrogens is 268 g/mol. The molecule has 1 aliphatic heterocycles. The number of nitrogens with one attached hydrogen (secondary N) is 2. The molecule has 6 heteroatoms. The smallest absolute Gasteiger partial charge is 0.244 e. The van der Waals surface area contributed by atoms with Gasteiger partial charge in [0.1, 0.15) is 18.4 Å². The van der Waals surface area contributed by atoms with Crippen molar-refractivity contribution in [3.8, 4) is 5.75 Å². The molecule has 2 N–H and O–H groups in total. The normalized spacial score (nSPS) is 17.5. The lowest BCUT2D eigenvalue weighted by Crippen LogP contribution is -2.38. The lowest BCUT2D eigenvalue weighted by atomic mass is 10.0. The number of para-hydroxylation sites is 1. The van der Waals surface area contributed by atoms with Crippen LogP contribution in [0.15, 0.2) is 36.8 Å². The molecule has 1 aromatic carbocycles. The second kappa shape index (κ2) is 5.97. The number of H-pyrrole nitrogens is 1. The van der Waals surface area contributed by atoms with E-state index in [1.54, 1.807) is 24.5 Å². The van der Waals surface area contributed by atoms with Crippen molar-refractivity contribution >= 4 is 5.91 Å². The SMILES string of the molecule is CN(Cc1cnc[nH]1)C(=O)C1NCCOc2ccccc21. The van der Waals surface area contributed by atoms with Crippen LogP contribution < -0.4 is 10.1 Å². The molecule has 1 aliphatic rings. The summed E-state index contributed by atoms with van der Waals surface area (Å²) in [4.78, 5) is 21.4. The van der Waals surface area contributed by atoms with Gasteiger partial charge in [0.2, 0.25) is 5.91 Å². The summed E-state index contributed by atoms with van der Waals surface area (Å²) < 4.78 is 5.67. The Hall–Kier alpha value is -2.34. The Morgan fingerprint density at radius 3 is 3.14 bits per heavy atom. The number of hydrogen-bond donors (Lipinski definition) is 2. The van der Waals surface area contributed by atoms with Gasteiger partial charge in [0.15, 0.2) is 0 Å². The molecule has 0 saturated heterocycles. The predicted molar refractivity (Wildman–Crippen MR) is 77.7 cm³/mol. The number of likely N-dealkylation sites (N-methyl/N-ethyl adjacent to an activating group) is 1. The summed E-state index contributed by atoms with van der Waals surface area (Å²) in [7, 11) is 1.79. The number of hydrogen-bond acceptors (Lipinski definition) is 4. The van der Waals surface area contributed by atoms with Crippen molar-refractivity contribution in [3.05, 3.63) is 48.0 Å². The molecule has 0 radical (unpaired) electrons. The first kappa shape index (κ1) is 13.6. The van der Waals surface area contributed by atoms with Crippen LogP contribution in [-0.4, -0.2) is 41.0 Å². The van der Waals surface area contributed by atoms with Crippen LogP contribution in [0.1, 0.15) is 17.3 Å². The Bertz CT molecular complexity index is 612. The van der Waals surface area contributed by atoms with E-state index in [-0.39, 0.29) is 11.9 Å². The van der Waals surface area contributed by atoms with Crippen LogP contribution in [0.4, 0.5) is 0 Å². The Balaban J connectivity index is 1.80. The molecule has 6 nitrogen and oxygen atoms in total. The van der Waals surface area contributed by atoms with Gasteiger partial charge in [-0.15, -0.1) is 0 Å². The largest absolute Gasteiger partial charge is 0.492 e. The van der Waals surface area contributed by atoms with E-state index in [4.69, 9.17) is 4.74 Å².